The molecule has 0 atom stereocenters. The van der Waals surface area contributed by atoms with Gasteiger partial charge >= 0.3 is 0 Å². The first kappa shape index (κ1) is 20.8. The van der Waals surface area contributed by atoms with Gasteiger partial charge in [-0.15, -0.1) is 0 Å². The number of hydrogen-bond donors (Lipinski definition) is 2. The molecule has 0 aliphatic rings. The molecule has 0 aliphatic heterocycles. The molecule has 0 fully saturated rings. The van der Waals surface area contributed by atoms with Crippen LogP contribution in [0.2, 0.25) is 0 Å². The Morgan fingerprint density at radius 3 is 2.67 bits per heavy atom. The molecule has 0 unspecified atom stereocenters. The normalized spacial score (nSPS) is 10.5. The summed E-state index contributed by atoms with van der Waals surface area (Å²) in [6.07, 6.45) is 2.34. The molecule has 0 saturated heterocycles. The largest absolute Gasteiger partial charge is 0.493 e. The average Bonchev–Trinajstić information content (AvgIpc) is 2.66. The van der Waals surface area contributed by atoms with Gasteiger partial charge in [-0.05, 0) is 30.5 Å². The predicted octanol–water partition coefficient (Wildman–Crippen LogP) is 2.19. The van der Waals surface area contributed by atoms with E-state index in [4.69, 9.17) is 9.47 Å². The lowest BCUT2D eigenvalue weighted by atomic mass is 10.1. The number of carbonyl (C=O) groups excluding carboxylic acids is 1. The minimum absolute atomic E-state index is 0.107. The molecule has 0 spiro atoms. The molecule has 0 radical (unpaired) electrons. The molecule has 1 amide bonds. The van der Waals surface area contributed by atoms with Gasteiger partial charge in [-0.1, -0.05) is 31.2 Å². The number of methoxy groups -OCH3 is 2. The van der Waals surface area contributed by atoms with Gasteiger partial charge in [-0.25, -0.2) is 4.98 Å². The number of benzene rings is 1. The molecular weight excluding hydrogens is 366 g/mol. The van der Waals surface area contributed by atoms with Crippen LogP contribution in [-0.4, -0.2) is 42.4 Å². The summed E-state index contributed by atoms with van der Waals surface area (Å²) >= 11 is 1.22. The molecule has 0 bridgehead atoms. The van der Waals surface area contributed by atoms with E-state index in [0.717, 1.165) is 24.1 Å². The SMILES string of the molecule is CCCc1cc(=O)[nH]c(SCC(=O)NCCc2ccc(OC)c(OC)c2)n1. The van der Waals surface area contributed by atoms with E-state index in [2.05, 4.69) is 15.3 Å². The molecule has 1 heterocycles. The van der Waals surface area contributed by atoms with Crippen molar-refractivity contribution in [1.29, 1.82) is 0 Å². The number of aromatic nitrogens is 2. The van der Waals surface area contributed by atoms with Crippen LogP contribution in [0.25, 0.3) is 0 Å². The van der Waals surface area contributed by atoms with Crippen LogP contribution in [0.3, 0.4) is 0 Å². The number of amides is 1. The van der Waals surface area contributed by atoms with Gasteiger partial charge in [-0.2, -0.15) is 0 Å². The molecule has 2 aromatic rings. The molecule has 0 saturated carbocycles. The van der Waals surface area contributed by atoms with E-state index in [9.17, 15) is 9.59 Å². The fourth-order valence-corrected chi connectivity index (χ4v) is 3.23. The number of thioether (sulfide) groups is 1. The van der Waals surface area contributed by atoms with Crippen LogP contribution in [0.5, 0.6) is 11.5 Å². The fraction of sp³-hybridized carbons (Fsp3) is 0.421. The average molecular weight is 391 g/mol. The standard InChI is InChI=1S/C19H25N3O4S/c1-4-5-14-11-17(23)22-19(21-14)27-12-18(24)20-9-8-13-6-7-15(25-2)16(10-13)26-3/h6-7,10-11H,4-5,8-9,12H2,1-3H3,(H,20,24)(H,21,22,23). The summed E-state index contributed by atoms with van der Waals surface area (Å²) < 4.78 is 10.5. The third-order valence-corrected chi connectivity index (χ3v) is 4.68. The lowest BCUT2D eigenvalue weighted by molar-refractivity contribution is -0.118. The zero-order chi connectivity index (χ0) is 19.6. The zero-order valence-corrected chi connectivity index (χ0v) is 16.6. The van der Waals surface area contributed by atoms with Crippen LogP contribution >= 0.6 is 11.8 Å². The second kappa shape index (κ2) is 10.6. The van der Waals surface area contributed by atoms with Crippen LogP contribution in [-0.2, 0) is 17.6 Å². The summed E-state index contributed by atoms with van der Waals surface area (Å²) in [5, 5.41) is 3.34. The van der Waals surface area contributed by atoms with Crippen molar-refractivity contribution in [2.75, 3.05) is 26.5 Å². The molecule has 27 heavy (non-hydrogen) atoms. The monoisotopic (exact) mass is 391 g/mol. The van der Waals surface area contributed by atoms with Crippen LogP contribution in [0.1, 0.15) is 24.6 Å². The first-order valence-corrected chi connectivity index (χ1v) is 9.75. The van der Waals surface area contributed by atoms with Crippen LogP contribution in [0.15, 0.2) is 34.2 Å². The maximum Gasteiger partial charge on any atom is 0.251 e. The van der Waals surface area contributed by atoms with Gasteiger partial charge in [0.05, 0.1) is 20.0 Å². The molecule has 2 N–H and O–H groups in total. The van der Waals surface area contributed by atoms with E-state index >= 15 is 0 Å². The van der Waals surface area contributed by atoms with Gasteiger partial charge in [0, 0.05) is 18.3 Å². The number of aryl methyl sites for hydroxylation is 1. The first-order chi connectivity index (χ1) is 13.0. The van der Waals surface area contributed by atoms with Crippen LogP contribution < -0.4 is 20.3 Å². The zero-order valence-electron chi connectivity index (χ0n) is 15.8. The van der Waals surface area contributed by atoms with Gasteiger partial charge in [0.15, 0.2) is 16.7 Å². The Bertz CT molecular complexity index is 823. The maximum atomic E-state index is 12.0. The van der Waals surface area contributed by atoms with Crippen molar-refractivity contribution >= 4 is 17.7 Å². The topological polar surface area (TPSA) is 93.3 Å². The highest BCUT2D eigenvalue weighted by atomic mass is 32.2. The highest BCUT2D eigenvalue weighted by Crippen LogP contribution is 2.27. The summed E-state index contributed by atoms with van der Waals surface area (Å²) in [4.78, 5) is 30.7. The van der Waals surface area contributed by atoms with Gasteiger partial charge in [0.2, 0.25) is 5.91 Å². The number of carbonyl (C=O) groups is 1. The highest BCUT2D eigenvalue weighted by Gasteiger charge is 2.08. The number of ether oxygens (including phenoxy) is 2. The molecule has 1 aromatic carbocycles. The summed E-state index contributed by atoms with van der Waals surface area (Å²) in [6.45, 7) is 2.54. The van der Waals surface area contributed by atoms with Gasteiger partial charge < -0.3 is 19.8 Å². The molecular formula is C19H25N3O4S. The highest BCUT2D eigenvalue weighted by molar-refractivity contribution is 7.99. The van der Waals surface area contributed by atoms with Crippen molar-refractivity contribution in [2.45, 2.75) is 31.3 Å². The number of nitrogens with zero attached hydrogens (tertiary/aromatic N) is 1. The third-order valence-electron chi connectivity index (χ3n) is 3.80. The maximum absolute atomic E-state index is 12.0. The van der Waals surface area contributed by atoms with E-state index in [1.54, 1.807) is 14.2 Å². The first-order valence-electron chi connectivity index (χ1n) is 8.76. The molecule has 1 aromatic heterocycles. The predicted molar refractivity (Wildman–Crippen MR) is 106 cm³/mol. The molecule has 0 aliphatic carbocycles. The van der Waals surface area contributed by atoms with Gasteiger partial charge in [0.25, 0.3) is 5.56 Å². The summed E-state index contributed by atoms with van der Waals surface area (Å²) in [5.41, 5.74) is 1.60. The van der Waals surface area contributed by atoms with E-state index < -0.39 is 0 Å². The molecule has 2 rings (SSSR count). The Hall–Kier alpha value is -2.48. The third kappa shape index (κ3) is 6.63. The molecule has 146 valence electrons. The quantitative estimate of drug-likeness (QED) is 0.476. The van der Waals surface area contributed by atoms with Gasteiger partial charge in [-0.3, -0.25) is 9.59 Å². The Morgan fingerprint density at radius 2 is 1.96 bits per heavy atom. The summed E-state index contributed by atoms with van der Waals surface area (Å²) in [7, 11) is 3.18. The summed E-state index contributed by atoms with van der Waals surface area (Å²) in [5.74, 6) is 1.43. The van der Waals surface area contributed by atoms with Gasteiger partial charge in [0.1, 0.15) is 0 Å². The number of nitrogens with one attached hydrogen (secondary N) is 2. The van der Waals surface area contributed by atoms with E-state index in [1.165, 1.54) is 17.8 Å². The van der Waals surface area contributed by atoms with Crippen molar-refractivity contribution in [3.8, 4) is 11.5 Å². The summed E-state index contributed by atoms with van der Waals surface area (Å²) in [6, 6.07) is 7.18. The minimum atomic E-state index is -0.190. The lowest BCUT2D eigenvalue weighted by Gasteiger charge is -2.10. The Balaban J connectivity index is 1.81. The second-order valence-corrected chi connectivity index (χ2v) is 6.83. The van der Waals surface area contributed by atoms with Crippen LogP contribution in [0.4, 0.5) is 0 Å². The van der Waals surface area contributed by atoms with E-state index in [0.29, 0.717) is 29.6 Å². The number of rotatable bonds is 10. The van der Waals surface area contributed by atoms with Crippen molar-refractivity contribution in [3.63, 3.8) is 0 Å². The number of H-pyrrole nitrogens is 1. The van der Waals surface area contributed by atoms with Crippen molar-refractivity contribution < 1.29 is 14.3 Å². The minimum Gasteiger partial charge on any atom is -0.493 e. The molecule has 8 heteroatoms. The van der Waals surface area contributed by atoms with Crippen molar-refractivity contribution in [3.05, 3.63) is 45.9 Å². The number of aromatic amines is 1. The van der Waals surface area contributed by atoms with Crippen molar-refractivity contribution in [1.82, 2.24) is 15.3 Å². The Labute approximate surface area is 162 Å². The Kier molecular flexibility index (Phi) is 8.19. The fourth-order valence-electron chi connectivity index (χ4n) is 2.50. The number of hydrogen-bond acceptors (Lipinski definition) is 6. The van der Waals surface area contributed by atoms with E-state index in [-0.39, 0.29) is 17.2 Å². The van der Waals surface area contributed by atoms with E-state index in [1.807, 2.05) is 25.1 Å². The van der Waals surface area contributed by atoms with Crippen LogP contribution in [0, 0.1) is 0 Å². The Morgan fingerprint density at radius 1 is 1.19 bits per heavy atom. The smallest absolute Gasteiger partial charge is 0.251 e. The van der Waals surface area contributed by atoms with Crippen molar-refractivity contribution in [2.24, 2.45) is 0 Å². The molecule has 7 nitrogen and oxygen atoms in total. The lowest BCUT2D eigenvalue weighted by Crippen LogP contribution is -2.27. The second-order valence-electron chi connectivity index (χ2n) is 5.87.